The molecule has 0 aromatic carbocycles. The first-order valence-electron chi connectivity index (χ1n) is 8.47. The molecule has 1 N–H and O–H groups in total. The lowest BCUT2D eigenvalue weighted by Gasteiger charge is -2.26. The predicted octanol–water partition coefficient (Wildman–Crippen LogP) is 2.11. The van der Waals surface area contributed by atoms with Crippen molar-refractivity contribution in [2.75, 3.05) is 31.6 Å². The second-order valence-corrected chi connectivity index (χ2v) is 7.12. The molecule has 3 aromatic heterocycles. The Kier molecular flexibility index (Phi) is 4.56. The number of morpholine rings is 1. The summed E-state index contributed by atoms with van der Waals surface area (Å²) in [6.07, 6.45) is 3.53. The maximum absolute atomic E-state index is 12.3. The molecule has 0 aliphatic carbocycles. The van der Waals surface area contributed by atoms with Crippen LogP contribution in [0, 0.1) is 13.8 Å². The average molecular weight is 372 g/mol. The number of carbonyl (C=O) groups excluding carboxylic acids is 1. The molecule has 0 bridgehead atoms. The number of amides is 1. The smallest absolute Gasteiger partial charge is 0.244 e. The molecule has 26 heavy (non-hydrogen) atoms. The first kappa shape index (κ1) is 16.9. The molecule has 8 nitrogen and oxygen atoms in total. The lowest BCUT2D eigenvalue weighted by molar-refractivity contribution is -0.136. The van der Waals surface area contributed by atoms with E-state index >= 15 is 0 Å². The van der Waals surface area contributed by atoms with Crippen molar-refractivity contribution >= 4 is 39.0 Å². The fraction of sp³-hybridized carbons (Fsp3) is 0.412. The molecular weight excluding hydrogens is 352 g/mol. The van der Waals surface area contributed by atoms with Crippen molar-refractivity contribution in [3.8, 4) is 0 Å². The van der Waals surface area contributed by atoms with Crippen molar-refractivity contribution in [2.24, 2.45) is 0 Å². The minimum atomic E-state index is 0.0527. The van der Waals surface area contributed by atoms with Crippen LogP contribution in [0.4, 0.5) is 11.5 Å². The largest absolute Gasteiger partial charge is 0.378 e. The number of carbonyl (C=O) groups is 1. The van der Waals surface area contributed by atoms with Gasteiger partial charge in [0.05, 0.1) is 30.5 Å². The Morgan fingerprint density at radius 3 is 2.92 bits per heavy atom. The standard InChI is InChI=1S/C17H20N6O2S/c1-11-10-26-17-15(11)16(19-12(2)20-17)21-13-7-18-23(8-13)9-14(24)22-3-5-25-6-4-22/h7-8,10H,3-6,9H2,1-2H3,(H,19,20,21). The quantitative estimate of drug-likeness (QED) is 0.755. The second-order valence-electron chi connectivity index (χ2n) is 6.26. The van der Waals surface area contributed by atoms with E-state index in [0.29, 0.717) is 26.3 Å². The van der Waals surface area contributed by atoms with Gasteiger partial charge in [0, 0.05) is 19.3 Å². The van der Waals surface area contributed by atoms with Crippen molar-refractivity contribution < 1.29 is 9.53 Å². The van der Waals surface area contributed by atoms with Crippen LogP contribution in [0.2, 0.25) is 0 Å². The van der Waals surface area contributed by atoms with E-state index in [4.69, 9.17) is 4.74 Å². The summed E-state index contributed by atoms with van der Waals surface area (Å²) < 4.78 is 6.93. The topological polar surface area (TPSA) is 85.2 Å². The van der Waals surface area contributed by atoms with Gasteiger partial charge >= 0.3 is 0 Å². The molecule has 1 saturated heterocycles. The fourth-order valence-corrected chi connectivity index (χ4v) is 3.95. The highest BCUT2D eigenvalue weighted by atomic mass is 32.1. The van der Waals surface area contributed by atoms with Gasteiger partial charge in [0.15, 0.2) is 0 Å². The number of rotatable bonds is 4. The number of nitrogens with zero attached hydrogens (tertiary/aromatic N) is 5. The third-order valence-corrected chi connectivity index (χ3v) is 5.28. The van der Waals surface area contributed by atoms with Gasteiger partial charge in [0.2, 0.25) is 5.91 Å². The zero-order valence-corrected chi connectivity index (χ0v) is 15.5. The van der Waals surface area contributed by atoms with E-state index < -0.39 is 0 Å². The van der Waals surface area contributed by atoms with Crippen LogP contribution < -0.4 is 5.32 Å². The van der Waals surface area contributed by atoms with Crippen LogP contribution in [0.3, 0.4) is 0 Å². The molecule has 4 rings (SSSR count). The number of hydrogen-bond donors (Lipinski definition) is 1. The van der Waals surface area contributed by atoms with Gasteiger partial charge in [-0.25, -0.2) is 9.97 Å². The summed E-state index contributed by atoms with van der Waals surface area (Å²) in [5, 5.41) is 10.7. The van der Waals surface area contributed by atoms with Crippen molar-refractivity contribution in [3.63, 3.8) is 0 Å². The molecule has 1 fully saturated rings. The molecule has 136 valence electrons. The van der Waals surface area contributed by atoms with E-state index in [1.807, 2.05) is 24.9 Å². The van der Waals surface area contributed by atoms with Gasteiger partial charge in [-0.3, -0.25) is 9.48 Å². The summed E-state index contributed by atoms with van der Waals surface area (Å²) in [5.74, 6) is 1.54. The Morgan fingerprint density at radius 2 is 2.12 bits per heavy atom. The number of anilines is 2. The summed E-state index contributed by atoms with van der Waals surface area (Å²) in [5.41, 5.74) is 1.94. The highest BCUT2D eigenvalue weighted by molar-refractivity contribution is 7.17. The minimum absolute atomic E-state index is 0.0527. The van der Waals surface area contributed by atoms with Crippen LogP contribution in [0.15, 0.2) is 17.8 Å². The first-order valence-corrected chi connectivity index (χ1v) is 9.35. The van der Waals surface area contributed by atoms with E-state index in [2.05, 4.69) is 25.8 Å². The van der Waals surface area contributed by atoms with Crippen LogP contribution in [-0.4, -0.2) is 56.9 Å². The second kappa shape index (κ2) is 7.00. The van der Waals surface area contributed by atoms with Crippen LogP contribution in [0.1, 0.15) is 11.4 Å². The van der Waals surface area contributed by atoms with Gasteiger partial charge in [0.25, 0.3) is 0 Å². The van der Waals surface area contributed by atoms with Crippen molar-refractivity contribution in [3.05, 3.63) is 29.2 Å². The molecule has 0 spiro atoms. The van der Waals surface area contributed by atoms with Crippen LogP contribution in [0.5, 0.6) is 0 Å². The molecule has 4 heterocycles. The molecule has 1 amide bonds. The van der Waals surface area contributed by atoms with E-state index in [-0.39, 0.29) is 12.5 Å². The SMILES string of the molecule is Cc1nc(Nc2cnn(CC(=O)N3CCOCC3)c2)c2c(C)csc2n1. The summed E-state index contributed by atoms with van der Waals surface area (Å²) in [4.78, 5) is 24.1. The van der Waals surface area contributed by atoms with Crippen molar-refractivity contribution in [1.29, 1.82) is 0 Å². The van der Waals surface area contributed by atoms with Gasteiger partial charge in [-0.2, -0.15) is 5.10 Å². The summed E-state index contributed by atoms with van der Waals surface area (Å²) in [6, 6.07) is 0. The Hall–Kier alpha value is -2.52. The zero-order chi connectivity index (χ0) is 18.1. The zero-order valence-electron chi connectivity index (χ0n) is 14.7. The lowest BCUT2D eigenvalue weighted by atomic mass is 10.2. The molecular formula is C17H20N6O2S. The lowest BCUT2D eigenvalue weighted by Crippen LogP contribution is -2.42. The Morgan fingerprint density at radius 1 is 1.31 bits per heavy atom. The van der Waals surface area contributed by atoms with Gasteiger partial charge in [-0.1, -0.05) is 0 Å². The molecule has 0 atom stereocenters. The van der Waals surface area contributed by atoms with Crippen LogP contribution in [-0.2, 0) is 16.1 Å². The summed E-state index contributed by atoms with van der Waals surface area (Å²) in [7, 11) is 0. The molecule has 0 saturated carbocycles. The third-order valence-electron chi connectivity index (χ3n) is 4.29. The number of aromatic nitrogens is 4. The van der Waals surface area contributed by atoms with Crippen molar-refractivity contribution in [2.45, 2.75) is 20.4 Å². The third kappa shape index (κ3) is 3.40. The van der Waals surface area contributed by atoms with E-state index in [0.717, 1.165) is 33.1 Å². The monoisotopic (exact) mass is 372 g/mol. The molecule has 9 heteroatoms. The predicted molar refractivity (Wildman–Crippen MR) is 99.8 cm³/mol. The van der Waals surface area contributed by atoms with E-state index in [9.17, 15) is 4.79 Å². The summed E-state index contributed by atoms with van der Waals surface area (Å²) >= 11 is 1.61. The number of fused-ring (bicyclic) bond motifs is 1. The van der Waals surface area contributed by atoms with Crippen LogP contribution >= 0.6 is 11.3 Å². The maximum Gasteiger partial charge on any atom is 0.244 e. The van der Waals surface area contributed by atoms with E-state index in [1.165, 1.54) is 0 Å². The number of hydrogen-bond acceptors (Lipinski definition) is 7. The van der Waals surface area contributed by atoms with E-state index in [1.54, 1.807) is 22.2 Å². The molecule has 1 aliphatic rings. The van der Waals surface area contributed by atoms with Crippen molar-refractivity contribution in [1.82, 2.24) is 24.6 Å². The van der Waals surface area contributed by atoms with Gasteiger partial charge in [-0.15, -0.1) is 11.3 Å². The number of thiophene rings is 1. The first-order chi connectivity index (χ1) is 12.6. The average Bonchev–Trinajstić information content (AvgIpc) is 3.22. The van der Waals surface area contributed by atoms with Gasteiger partial charge in [-0.05, 0) is 24.8 Å². The number of nitrogens with one attached hydrogen (secondary N) is 1. The molecule has 0 unspecified atom stereocenters. The minimum Gasteiger partial charge on any atom is -0.378 e. The highest BCUT2D eigenvalue weighted by Crippen LogP contribution is 2.30. The van der Waals surface area contributed by atoms with Crippen LogP contribution in [0.25, 0.3) is 10.2 Å². The van der Waals surface area contributed by atoms with Gasteiger partial charge < -0.3 is 15.0 Å². The number of ether oxygens (including phenoxy) is 1. The molecule has 3 aromatic rings. The summed E-state index contributed by atoms with van der Waals surface area (Å²) in [6.45, 7) is 6.62. The highest BCUT2D eigenvalue weighted by Gasteiger charge is 2.18. The van der Waals surface area contributed by atoms with Gasteiger partial charge in [0.1, 0.15) is 23.0 Å². The molecule has 0 radical (unpaired) electrons. The molecule has 1 aliphatic heterocycles. The Labute approximate surface area is 154 Å². The number of aryl methyl sites for hydroxylation is 2. The fourth-order valence-electron chi connectivity index (χ4n) is 2.98. The Balaban J connectivity index is 1.50. The maximum atomic E-state index is 12.3. The normalized spacial score (nSPS) is 14.8. The Bertz CT molecular complexity index is 944.